The largest absolute Gasteiger partial charge is 0.361 e. The van der Waals surface area contributed by atoms with E-state index in [-0.39, 0.29) is 29.8 Å². The molecule has 0 spiro atoms. The van der Waals surface area contributed by atoms with E-state index in [9.17, 15) is 4.39 Å². The topological polar surface area (TPSA) is 46.7 Å². The zero-order valence-corrected chi connectivity index (χ0v) is 17.9. The molecule has 0 aliphatic carbocycles. The van der Waals surface area contributed by atoms with Crippen molar-refractivity contribution < 1.29 is 4.39 Å². The van der Waals surface area contributed by atoms with Crippen LogP contribution in [0.3, 0.4) is 0 Å². The number of likely N-dealkylation sites (tertiary alicyclic amines) is 1. The third-order valence-electron chi connectivity index (χ3n) is 5.44. The van der Waals surface area contributed by atoms with Crippen LogP contribution in [0, 0.1) is 5.82 Å². The van der Waals surface area contributed by atoms with Gasteiger partial charge in [-0.05, 0) is 36.6 Å². The number of benzene rings is 1. The Hall–Kier alpha value is -1.61. The summed E-state index contributed by atoms with van der Waals surface area (Å²) >= 11 is 0. The van der Waals surface area contributed by atoms with Gasteiger partial charge in [0, 0.05) is 62.9 Å². The Balaban J connectivity index is 0.00000210. The van der Waals surface area contributed by atoms with E-state index in [0.717, 1.165) is 61.6 Å². The quantitative estimate of drug-likeness (QED) is 0.304. The lowest BCUT2D eigenvalue weighted by Gasteiger charge is -2.25. The van der Waals surface area contributed by atoms with Gasteiger partial charge in [-0.3, -0.25) is 9.89 Å². The van der Waals surface area contributed by atoms with Crippen LogP contribution in [-0.4, -0.2) is 66.6 Å². The lowest BCUT2D eigenvalue weighted by molar-refractivity contribution is 0.259. The summed E-state index contributed by atoms with van der Waals surface area (Å²) in [5, 5.41) is 4.44. The van der Waals surface area contributed by atoms with Crippen molar-refractivity contribution >= 4 is 40.8 Å². The number of aliphatic imine (C=N–C) groups is 1. The molecule has 27 heavy (non-hydrogen) atoms. The molecule has 1 saturated heterocycles. The molecule has 146 valence electrons. The van der Waals surface area contributed by atoms with Crippen molar-refractivity contribution in [3.8, 4) is 0 Å². The maximum absolute atomic E-state index is 13.5. The van der Waals surface area contributed by atoms with Crippen molar-refractivity contribution in [1.29, 1.82) is 0 Å². The first-order chi connectivity index (χ1) is 12.7. The van der Waals surface area contributed by atoms with Gasteiger partial charge in [0.25, 0.3) is 0 Å². The molecule has 0 amide bonds. The number of nitrogens with one attached hydrogen (secondary N) is 2. The van der Waals surface area contributed by atoms with Gasteiger partial charge in [-0.25, -0.2) is 4.39 Å². The zero-order chi connectivity index (χ0) is 17.9. The summed E-state index contributed by atoms with van der Waals surface area (Å²) in [5.74, 6) is 0.771. The van der Waals surface area contributed by atoms with Gasteiger partial charge in [0.2, 0.25) is 0 Å². The van der Waals surface area contributed by atoms with Crippen LogP contribution in [0.4, 0.5) is 4.39 Å². The van der Waals surface area contributed by atoms with Crippen molar-refractivity contribution in [2.24, 2.45) is 4.99 Å². The summed E-state index contributed by atoms with van der Waals surface area (Å²) in [6, 6.07) is 5.49. The average Bonchev–Trinajstić information content (AvgIpc) is 3.39. The Bertz CT molecular complexity index is 823. The minimum absolute atomic E-state index is 0. The minimum atomic E-state index is -0.193. The van der Waals surface area contributed by atoms with E-state index in [1.54, 1.807) is 12.1 Å². The number of fused-ring (bicyclic) bond motifs is 1. The Kier molecular flexibility index (Phi) is 6.75. The molecule has 0 radical (unpaired) electrons. The molecule has 4 rings (SSSR count). The van der Waals surface area contributed by atoms with Crippen molar-refractivity contribution in [3.63, 3.8) is 0 Å². The van der Waals surface area contributed by atoms with Crippen LogP contribution >= 0.6 is 24.0 Å². The number of hydrogen-bond acceptors (Lipinski definition) is 2. The number of rotatable bonds is 4. The Morgan fingerprint density at radius 1 is 1.33 bits per heavy atom. The van der Waals surface area contributed by atoms with Gasteiger partial charge in [0.1, 0.15) is 5.82 Å². The normalized spacial score (nSPS) is 20.4. The molecule has 3 heterocycles. The second kappa shape index (κ2) is 9.05. The van der Waals surface area contributed by atoms with Gasteiger partial charge in [0.15, 0.2) is 5.96 Å². The first-order valence-electron chi connectivity index (χ1n) is 9.35. The molecule has 2 aliphatic rings. The van der Waals surface area contributed by atoms with E-state index in [2.05, 4.69) is 37.2 Å². The highest BCUT2D eigenvalue weighted by Gasteiger charge is 2.29. The Morgan fingerprint density at radius 2 is 2.15 bits per heavy atom. The number of halogens is 2. The highest BCUT2D eigenvalue weighted by atomic mass is 127. The number of H-pyrrole nitrogens is 1. The van der Waals surface area contributed by atoms with Crippen molar-refractivity contribution in [2.45, 2.75) is 18.9 Å². The maximum atomic E-state index is 13.5. The SMILES string of the molecule is CN=C(NCCc1c[nH]c2ccc(F)cc12)N1CCC(N2CC=CC2)C1.I. The van der Waals surface area contributed by atoms with E-state index in [1.807, 2.05) is 13.2 Å². The number of guanidine groups is 1. The summed E-state index contributed by atoms with van der Waals surface area (Å²) in [6.45, 7) is 4.99. The van der Waals surface area contributed by atoms with Crippen LogP contribution in [0.25, 0.3) is 10.9 Å². The molecule has 1 aromatic heterocycles. The van der Waals surface area contributed by atoms with Crippen LogP contribution in [0.2, 0.25) is 0 Å². The van der Waals surface area contributed by atoms with Gasteiger partial charge in [-0.1, -0.05) is 12.2 Å². The smallest absolute Gasteiger partial charge is 0.193 e. The summed E-state index contributed by atoms with van der Waals surface area (Å²) in [4.78, 5) is 12.5. The number of aromatic nitrogens is 1. The lowest BCUT2D eigenvalue weighted by Crippen LogP contribution is -2.43. The predicted molar refractivity (Wildman–Crippen MR) is 119 cm³/mol. The molecular weight excluding hydrogens is 456 g/mol. The molecule has 2 N–H and O–H groups in total. The molecule has 1 fully saturated rings. The van der Waals surface area contributed by atoms with E-state index >= 15 is 0 Å². The number of nitrogens with zero attached hydrogens (tertiary/aromatic N) is 3. The van der Waals surface area contributed by atoms with Gasteiger partial charge >= 0.3 is 0 Å². The first kappa shape index (κ1) is 20.1. The molecule has 1 aromatic carbocycles. The van der Waals surface area contributed by atoms with Crippen LogP contribution in [-0.2, 0) is 6.42 Å². The van der Waals surface area contributed by atoms with Crippen LogP contribution in [0.15, 0.2) is 41.5 Å². The monoisotopic (exact) mass is 483 g/mol. The second-order valence-electron chi connectivity index (χ2n) is 7.04. The molecule has 5 nitrogen and oxygen atoms in total. The van der Waals surface area contributed by atoms with Crippen molar-refractivity contribution in [3.05, 3.63) is 47.9 Å². The summed E-state index contributed by atoms with van der Waals surface area (Å²) in [5.41, 5.74) is 2.11. The molecule has 0 saturated carbocycles. The fourth-order valence-corrected chi connectivity index (χ4v) is 4.02. The van der Waals surface area contributed by atoms with E-state index in [4.69, 9.17) is 0 Å². The molecule has 2 aromatic rings. The fourth-order valence-electron chi connectivity index (χ4n) is 4.02. The summed E-state index contributed by atoms with van der Waals surface area (Å²) < 4.78 is 13.5. The van der Waals surface area contributed by atoms with Crippen LogP contribution in [0.5, 0.6) is 0 Å². The Morgan fingerprint density at radius 3 is 2.93 bits per heavy atom. The van der Waals surface area contributed by atoms with Crippen molar-refractivity contribution in [2.75, 3.05) is 39.8 Å². The second-order valence-corrected chi connectivity index (χ2v) is 7.04. The Labute approximate surface area is 176 Å². The molecule has 7 heteroatoms. The molecular formula is C20H27FIN5. The average molecular weight is 483 g/mol. The molecule has 1 unspecified atom stereocenters. The van der Waals surface area contributed by atoms with E-state index in [0.29, 0.717) is 6.04 Å². The van der Waals surface area contributed by atoms with E-state index < -0.39 is 0 Å². The molecule has 0 bridgehead atoms. The third kappa shape index (κ3) is 4.45. The third-order valence-corrected chi connectivity index (χ3v) is 5.44. The zero-order valence-electron chi connectivity index (χ0n) is 15.6. The first-order valence-corrected chi connectivity index (χ1v) is 9.35. The molecule has 2 aliphatic heterocycles. The number of aromatic amines is 1. The predicted octanol–water partition coefficient (Wildman–Crippen LogP) is 2.99. The summed E-state index contributed by atoms with van der Waals surface area (Å²) in [7, 11) is 1.84. The minimum Gasteiger partial charge on any atom is -0.361 e. The van der Waals surface area contributed by atoms with Gasteiger partial charge in [0.05, 0.1) is 0 Å². The highest BCUT2D eigenvalue weighted by Crippen LogP contribution is 2.20. The highest BCUT2D eigenvalue weighted by molar-refractivity contribution is 14.0. The van der Waals surface area contributed by atoms with E-state index in [1.165, 1.54) is 12.5 Å². The van der Waals surface area contributed by atoms with Crippen LogP contribution in [0.1, 0.15) is 12.0 Å². The number of hydrogen-bond donors (Lipinski definition) is 2. The standard InChI is InChI=1S/C20H26FN5.HI/c1-22-20(26-11-7-17(14-26)25-9-2-3-10-25)23-8-6-15-13-24-19-5-4-16(21)12-18(15)19;/h2-5,12-13,17,24H,6-11,14H2,1H3,(H,22,23);1H. The maximum Gasteiger partial charge on any atom is 0.193 e. The van der Waals surface area contributed by atoms with Gasteiger partial charge < -0.3 is 15.2 Å². The van der Waals surface area contributed by atoms with Crippen molar-refractivity contribution in [1.82, 2.24) is 20.1 Å². The summed E-state index contributed by atoms with van der Waals surface area (Å²) in [6.07, 6.45) is 8.49. The van der Waals surface area contributed by atoms with Gasteiger partial charge in [-0.15, -0.1) is 24.0 Å². The molecule has 1 atom stereocenters. The lowest BCUT2D eigenvalue weighted by atomic mass is 10.1. The fraction of sp³-hybridized carbons (Fsp3) is 0.450. The van der Waals surface area contributed by atoms with Gasteiger partial charge in [-0.2, -0.15) is 0 Å². The van der Waals surface area contributed by atoms with Crippen LogP contribution < -0.4 is 5.32 Å².